The van der Waals surface area contributed by atoms with E-state index in [9.17, 15) is 4.79 Å². The largest absolute Gasteiger partial charge is 0.393 e. The van der Waals surface area contributed by atoms with Crippen molar-refractivity contribution in [2.75, 3.05) is 5.75 Å². The standard InChI is InChI=1S/C8H15N3O2S/c1-3-4-11-7(13)9-10-8(11)14-5-6(2)12/h6,12H,3-5H2,1-2H3,(H,9,13). The lowest BCUT2D eigenvalue weighted by atomic mass is 10.5. The molecule has 14 heavy (non-hydrogen) atoms. The number of aliphatic hydroxyl groups is 1. The molecule has 1 rings (SSSR count). The first-order valence-corrected chi connectivity index (χ1v) is 5.59. The molecule has 1 aromatic rings. The van der Waals surface area contributed by atoms with Crippen molar-refractivity contribution in [2.45, 2.75) is 38.1 Å². The molecule has 2 N–H and O–H groups in total. The first kappa shape index (κ1) is 11.3. The van der Waals surface area contributed by atoms with E-state index in [2.05, 4.69) is 10.2 Å². The van der Waals surface area contributed by atoms with Gasteiger partial charge in [0.1, 0.15) is 0 Å². The Labute approximate surface area is 86.5 Å². The third-order valence-corrected chi connectivity index (χ3v) is 2.84. The summed E-state index contributed by atoms with van der Waals surface area (Å²) in [7, 11) is 0. The molecule has 0 spiro atoms. The number of hydrogen-bond acceptors (Lipinski definition) is 4. The van der Waals surface area contributed by atoms with Crippen LogP contribution in [0.4, 0.5) is 0 Å². The molecule has 6 heteroatoms. The van der Waals surface area contributed by atoms with Crippen LogP contribution in [0.1, 0.15) is 20.3 Å². The van der Waals surface area contributed by atoms with Crippen molar-refractivity contribution in [1.82, 2.24) is 14.8 Å². The lowest BCUT2D eigenvalue weighted by molar-refractivity contribution is 0.220. The number of nitrogens with one attached hydrogen (secondary N) is 1. The van der Waals surface area contributed by atoms with E-state index >= 15 is 0 Å². The summed E-state index contributed by atoms with van der Waals surface area (Å²) in [5, 5.41) is 16.0. The summed E-state index contributed by atoms with van der Waals surface area (Å²) in [4.78, 5) is 11.2. The summed E-state index contributed by atoms with van der Waals surface area (Å²) in [6.07, 6.45) is 0.503. The number of aromatic amines is 1. The normalized spacial score (nSPS) is 13.1. The van der Waals surface area contributed by atoms with Crippen LogP contribution < -0.4 is 5.69 Å². The molecule has 80 valence electrons. The van der Waals surface area contributed by atoms with E-state index in [4.69, 9.17) is 5.11 Å². The quantitative estimate of drug-likeness (QED) is 0.703. The maximum Gasteiger partial charge on any atom is 0.343 e. The van der Waals surface area contributed by atoms with Crippen molar-refractivity contribution in [3.63, 3.8) is 0 Å². The molecular formula is C8H15N3O2S. The predicted molar refractivity (Wildman–Crippen MR) is 55.5 cm³/mol. The summed E-state index contributed by atoms with van der Waals surface area (Å²) in [6, 6.07) is 0. The highest BCUT2D eigenvalue weighted by Crippen LogP contribution is 2.14. The van der Waals surface area contributed by atoms with Gasteiger partial charge in [0.2, 0.25) is 0 Å². The smallest absolute Gasteiger partial charge is 0.343 e. The van der Waals surface area contributed by atoms with Crippen LogP contribution in [0.25, 0.3) is 0 Å². The fourth-order valence-electron chi connectivity index (χ4n) is 1.03. The van der Waals surface area contributed by atoms with E-state index in [-0.39, 0.29) is 11.8 Å². The zero-order valence-electron chi connectivity index (χ0n) is 8.36. The molecule has 0 amide bonds. The highest BCUT2D eigenvalue weighted by molar-refractivity contribution is 7.99. The highest BCUT2D eigenvalue weighted by Gasteiger charge is 2.08. The second-order valence-corrected chi connectivity index (χ2v) is 4.11. The van der Waals surface area contributed by atoms with Gasteiger partial charge in [0, 0.05) is 12.3 Å². The van der Waals surface area contributed by atoms with E-state index in [0.29, 0.717) is 17.5 Å². The van der Waals surface area contributed by atoms with Gasteiger partial charge in [0.05, 0.1) is 6.10 Å². The Morgan fingerprint density at radius 3 is 3.00 bits per heavy atom. The maximum absolute atomic E-state index is 11.2. The van der Waals surface area contributed by atoms with Gasteiger partial charge in [-0.05, 0) is 13.3 Å². The Hall–Kier alpha value is -0.750. The third kappa shape index (κ3) is 2.88. The van der Waals surface area contributed by atoms with Gasteiger partial charge in [-0.25, -0.2) is 9.89 Å². The minimum Gasteiger partial charge on any atom is -0.393 e. The van der Waals surface area contributed by atoms with Crippen LogP contribution in [0.2, 0.25) is 0 Å². The van der Waals surface area contributed by atoms with Crippen molar-refractivity contribution < 1.29 is 5.11 Å². The summed E-state index contributed by atoms with van der Waals surface area (Å²) in [5.74, 6) is 0.550. The maximum atomic E-state index is 11.2. The second kappa shape index (κ2) is 5.21. The lowest BCUT2D eigenvalue weighted by Gasteiger charge is -2.04. The predicted octanol–water partition coefficient (Wildman–Crippen LogP) is 0.454. The van der Waals surface area contributed by atoms with Gasteiger partial charge >= 0.3 is 5.69 Å². The number of hydrogen-bond donors (Lipinski definition) is 2. The van der Waals surface area contributed by atoms with Crippen LogP contribution in [0.5, 0.6) is 0 Å². The van der Waals surface area contributed by atoms with Crippen LogP contribution in [0.15, 0.2) is 9.95 Å². The van der Waals surface area contributed by atoms with Crippen LogP contribution in [0, 0.1) is 0 Å². The Kier molecular flexibility index (Phi) is 4.21. The van der Waals surface area contributed by atoms with E-state index in [1.807, 2.05) is 6.92 Å². The van der Waals surface area contributed by atoms with Gasteiger partial charge in [-0.1, -0.05) is 18.7 Å². The van der Waals surface area contributed by atoms with Crippen LogP contribution in [-0.2, 0) is 6.54 Å². The van der Waals surface area contributed by atoms with Crippen LogP contribution in [-0.4, -0.2) is 31.7 Å². The fraction of sp³-hybridized carbons (Fsp3) is 0.750. The first-order valence-electron chi connectivity index (χ1n) is 4.61. The molecule has 0 saturated heterocycles. The third-order valence-electron chi connectivity index (χ3n) is 1.62. The van der Waals surface area contributed by atoms with Gasteiger partial charge in [-0.3, -0.25) is 4.57 Å². The number of aromatic nitrogens is 3. The molecule has 1 heterocycles. The Morgan fingerprint density at radius 1 is 1.71 bits per heavy atom. The minimum atomic E-state index is -0.387. The Bertz CT molecular complexity index is 332. The average Bonchev–Trinajstić information content (AvgIpc) is 2.46. The molecule has 0 radical (unpaired) electrons. The molecule has 0 fully saturated rings. The Morgan fingerprint density at radius 2 is 2.43 bits per heavy atom. The molecule has 0 aliphatic rings. The van der Waals surface area contributed by atoms with Crippen LogP contribution in [0.3, 0.4) is 0 Å². The van der Waals surface area contributed by atoms with Gasteiger partial charge in [-0.15, -0.1) is 5.10 Å². The topological polar surface area (TPSA) is 70.9 Å². The van der Waals surface area contributed by atoms with Gasteiger partial charge in [0.15, 0.2) is 5.16 Å². The van der Waals surface area contributed by atoms with Crippen molar-refractivity contribution >= 4 is 11.8 Å². The molecule has 0 aliphatic carbocycles. The summed E-state index contributed by atoms with van der Waals surface area (Å²) in [6.45, 7) is 4.38. The number of nitrogens with zero attached hydrogens (tertiary/aromatic N) is 2. The molecule has 5 nitrogen and oxygen atoms in total. The molecule has 0 bridgehead atoms. The van der Waals surface area contributed by atoms with Crippen molar-refractivity contribution in [1.29, 1.82) is 0 Å². The van der Waals surface area contributed by atoms with Crippen molar-refractivity contribution in [2.24, 2.45) is 0 Å². The molecule has 0 saturated carbocycles. The summed E-state index contributed by atoms with van der Waals surface area (Å²) < 4.78 is 1.59. The molecule has 1 aromatic heterocycles. The minimum absolute atomic E-state index is 0.181. The monoisotopic (exact) mass is 217 g/mol. The zero-order chi connectivity index (χ0) is 10.6. The number of rotatable bonds is 5. The fourth-order valence-corrected chi connectivity index (χ4v) is 1.86. The number of aliphatic hydroxyl groups excluding tert-OH is 1. The Balaban J connectivity index is 2.70. The van der Waals surface area contributed by atoms with Gasteiger partial charge in [-0.2, -0.15) is 0 Å². The SMILES string of the molecule is CCCn1c(SCC(C)O)n[nH]c1=O. The van der Waals surface area contributed by atoms with Gasteiger partial charge < -0.3 is 5.11 Å². The lowest BCUT2D eigenvalue weighted by Crippen LogP contribution is -2.17. The van der Waals surface area contributed by atoms with Crippen LogP contribution >= 0.6 is 11.8 Å². The zero-order valence-corrected chi connectivity index (χ0v) is 9.17. The highest BCUT2D eigenvalue weighted by atomic mass is 32.2. The summed E-state index contributed by atoms with van der Waals surface area (Å²) >= 11 is 1.39. The molecule has 0 aliphatic heterocycles. The second-order valence-electron chi connectivity index (χ2n) is 3.12. The molecular weight excluding hydrogens is 202 g/mol. The molecule has 0 aromatic carbocycles. The summed E-state index contributed by atoms with van der Waals surface area (Å²) in [5.41, 5.74) is -0.181. The van der Waals surface area contributed by atoms with E-state index in [1.54, 1.807) is 11.5 Å². The van der Waals surface area contributed by atoms with E-state index in [1.165, 1.54) is 11.8 Å². The van der Waals surface area contributed by atoms with Crippen molar-refractivity contribution in [3.05, 3.63) is 10.5 Å². The average molecular weight is 217 g/mol. The molecule has 1 atom stereocenters. The number of H-pyrrole nitrogens is 1. The van der Waals surface area contributed by atoms with Gasteiger partial charge in [0.25, 0.3) is 0 Å². The van der Waals surface area contributed by atoms with E-state index < -0.39 is 0 Å². The van der Waals surface area contributed by atoms with E-state index in [0.717, 1.165) is 6.42 Å². The molecule has 1 unspecified atom stereocenters. The van der Waals surface area contributed by atoms with Crippen molar-refractivity contribution in [3.8, 4) is 0 Å². The first-order chi connectivity index (χ1) is 6.65. The number of thioether (sulfide) groups is 1.